The number of nitrogens with one attached hydrogen (secondary N) is 1. The van der Waals surface area contributed by atoms with Crippen LogP contribution in [0, 0.1) is 17.0 Å². The molecule has 0 fully saturated rings. The summed E-state index contributed by atoms with van der Waals surface area (Å²) in [4.78, 5) is 39.9. The van der Waals surface area contributed by atoms with E-state index in [2.05, 4.69) is 5.32 Å². The van der Waals surface area contributed by atoms with Gasteiger partial charge in [-0.2, -0.15) is 0 Å². The molecule has 2 amide bonds. The van der Waals surface area contributed by atoms with Gasteiger partial charge in [-0.05, 0) is 30.5 Å². The van der Waals surface area contributed by atoms with Crippen molar-refractivity contribution in [3.63, 3.8) is 0 Å². The van der Waals surface area contributed by atoms with Crippen LogP contribution in [0.25, 0.3) is 0 Å². The van der Waals surface area contributed by atoms with Crippen LogP contribution >= 0.6 is 0 Å². The Hall–Kier alpha value is -4.45. The van der Waals surface area contributed by atoms with E-state index >= 15 is 0 Å². The van der Waals surface area contributed by atoms with E-state index in [1.807, 2.05) is 68.4 Å². The van der Waals surface area contributed by atoms with Crippen molar-refractivity contribution in [3.05, 3.63) is 99.6 Å². The van der Waals surface area contributed by atoms with Crippen LogP contribution in [0.5, 0.6) is 5.75 Å². The number of sulfonamides is 1. The molecule has 42 heavy (non-hydrogen) atoms. The Morgan fingerprint density at radius 3 is 2.26 bits per heavy atom. The van der Waals surface area contributed by atoms with Crippen molar-refractivity contribution in [1.29, 1.82) is 0 Å². The highest BCUT2D eigenvalue weighted by Crippen LogP contribution is 2.34. The van der Waals surface area contributed by atoms with Gasteiger partial charge in [0, 0.05) is 31.6 Å². The van der Waals surface area contributed by atoms with E-state index in [9.17, 15) is 28.1 Å². The molecule has 0 aliphatic carbocycles. The zero-order valence-corrected chi connectivity index (χ0v) is 25.0. The summed E-state index contributed by atoms with van der Waals surface area (Å²) in [5, 5.41) is 14.4. The summed E-state index contributed by atoms with van der Waals surface area (Å²) in [6.07, 6.45) is 1.77. The lowest BCUT2D eigenvalue weighted by molar-refractivity contribution is -0.384. The van der Waals surface area contributed by atoms with E-state index in [1.54, 1.807) is 0 Å². The SMILES string of the molecule is CCCNC(=O)[C@H](Cc1ccccc1)N(Cc1ccc(C)cc1)C(=O)CN(c1cc([N+](=O)[O-])ccc1OC)S(C)(=O)=O. The molecule has 0 radical (unpaired) electrons. The minimum absolute atomic E-state index is 0.0276. The Morgan fingerprint density at radius 2 is 1.69 bits per heavy atom. The topological polar surface area (TPSA) is 139 Å². The Labute approximate surface area is 246 Å². The third-order valence-corrected chi connectivity index (χ3v) is 7.74. The van der Waals surface area contributed by atoms with Crippen LogP contribution in [0.2, 0.25) is 0 Å². The molecular formula is C30H36N4O7S. The van der Waals surface area contributed by atoms with Crippen LogP contribution in [0.15, 0.2) is 72.8 Å². The third kappa shape index (κ3) is 8.53. The molecule has 11 nitrogen and oxygen atoms in total. The minimum atomic E-state index is -4.14. The van der Waals surface area contributed by atoms with E-state index in [0.717, 1.165) is 33.3 Å². The maximum Gasteiger partial charge on any atom is 0.271 e. The van der Waals surface area contributed by atoms with Gasteiger partial charge in [0.15, 0.2) is 0 Å². The quantitative estimate of drug-likeness (QED) is 0.220. The lowest BCUT2D eigenvalue weighted by Gasteiger charge is -2.33. The molecule has 0 bridgehead atoms. The van der Waals surface area contributed by atoms with Gasteiger partial charge in [0.2, 0.25) is 21.8 Å². The molecule has 0 aliphatic rings. The summed E-state index contributed by atoms with van der Waals surface area (Å²) in [5.41, 5.74) is 2.04. The molecule has 0 unspecified atom stereocenters. The third-order valence-electron chi connectivity index (χ3n) is 6.61. The number of ether oxygens (including phenoxy) is 1. The van der Waals surface area contributed by atoms with Crippen LogP contribution in [-0.4, -0.2) is 62.6 Å². The number of aryl methyl sites for hydroxylation is 1. The highest BCUT2D eigenvalue weighted by Gasteiger charge is 2.34. The maximum absolute atomic E-state index is 14.1. The van der Waals surface area contributed by atoms with Gasteiger partial charge in [0.1, 0.15) is 24.0 Å². The van der Waals surface area contributed by atoms with Gasteiger partial charge in [-0.1, -0.05) is 67.1 Å². The van der Waals surface area contributed by atoms with Gasteiger partial charge in [-0.15, -0.1) is 0 Å². The molecule has 1 atom stereocenters. The molecule has 0 aliphatic heterocycles. The van der Waals surface area contributed by atoms with Crippen molar-refractivity contribution < 1.29 is 27.7 Å². The van der Waals surface area contributed by atoms with Gasteiger partial charge in [-0.25, -0.2) is 8.42 Å². The summed E-state index contributed by atoms with van der Waals surface area (Å²) >= 11 is 0. The predicted molar refractivity (Wildman–Crippen MR) is 161 cm³/mol. The zero-order valence-electron chi connectivity index (χ0n) is 24.1. The molecule has 3 aromatic rings. The van der Waals surface area contributed by atoms with E-state index in [-0.39, 0.29) is 36.0 Å². The summed E-state index contributed by atoms with van der Waals surface area (Å²) in [6, 6.07) is 19.2. The first-order valence-electron chi connectivity index (χ1n) is 13.4. The number of rotatable bonds is 14. The van der Waals surface area contributed by atoms with Crippen LogP contribution in [0.3, 0.4) is 0 Å². The number of benzene rings is 3. The van der Waals surface area contributed by atoms with Gasteiger partial charge >= 0.3 is 0 Å². The highest BCUT2D eigenvalue weighted by molar-refractivity contribution is 7.92. The summed E-state index contributed by atoms with van der Waals surface area (Å²) in [7, 11) is -2.84. The first-order chi connectivity index (χ1) is 19.9. The van der Waals surface area contributed by atoms with Crippen LogP contribution in [-0.2, 0) is 32.6 Å². The first-order valence-corrected chi connectivity index (χ1v) is 15.3. The largest absolute Gasteiger partial charge is 0.495 e. The fourth-order valence-corrected chi connectivity index (χ4v) is 5.24. The van der Waals surface area contributed by atoms with Crippen LogP contribution in [0.1, 0.15) is 30.0 Å². The van der Waals surface area contributed by atoms with E-state index in [1.165, 1.54) is 24.1 Å². The number of carbonyl (C=O) groups is 2. The minimum Gasteiger partial charge on any atom is -0.495 e. The number of non-ortho nitro benzene ring substituents is 1. The Morgan fingerprint density at radius 1 is 1.02 bits per heavy atom. The number of carbonyl (C=O) groups excluding carboxylic acids is 2. The second-order valence-electron chi connectivity index (χ2n) is 9.89. The number of hydrogen-bond acceptors (Lipinski definition) is 7. The molecule has 224 valence electrons. The van der Waals surface area contributed by atoms with Gasteiger partial charge in [0.05, 0.1) is 18.3 Å². The normalized spacial score (nSPS) is 11.8. The summed E-state index contributed by atoms with van der Waals surface area (Å²) in [6.45, 7) is 3.56. The van der Waals surface area contributed by atoms with E-state index < -0.39 is 33.4 Å². The average Bonchev–Trinajstić information content (AvgIpc) is 2.96. The Kier molecular flexibility index (Phi) is 11.0. The number of methoxy groups -OCH3 is 1. The lowest BCUT2D eigenvalue weighted by Crippen LogP contribution is -2.53. The van der Waals surface area contributed by atoms with Crippen molar-refractivity contribution in [2.75, 3.05) is 30.8 Å². The molecule has 3 aromatic carbocycles. The predicted octanol–water partition coefficient (Wildman–Crippen LogP) is 3.84. The Bertz CT molecular complexity index is 1500. The van der Waals surface area contributed by atoms with Crippen LogP contribution < -0.4 is 14.4 Å². The van der Waals surface area contributed by atoms with Crippen molar-refractivity contribution >= 4 is 33.2 Å². The second-order valence-corrected chi connectivity index (χ2v) is 11.8. The standard InChI is InChI=1S/C30H36N4O7S/c1-5-17-31-30(36)27(18-23-9-7-6-8-10-23)32(20-24-13-11-22(2)12-14-24)29(35)21-33(42(4,39)40)26-19-25(34(37)38)15-16-28(26)41-3/h6-16,19,27H,5,17-18,20-21H2,1-4H3,(H,31,36)/t27-/m0/s1. The number of nitro benzene ring substituents is 1. The molecule has 3 rings (SSSR count). The molecule has 0 saturated heterocycles. The van der Waals surface area contributed by atoms with Crippen molar-refractivity contribution in [3.8, 4) is 5.75 Å². The first kappa shape index (κ1) is 32.1. The fraction of sp³-hybridized carbons (Fsp3) is 0.333. The number of nitro groups is 1. The van der Waals surface area contributed by atoms with Crippen molar-refractivity contribution in [2.24, 2.45) is 0 Å². The molecule has 1 N–H and O–H groups in total. The van der Waals surface area contributed by atoms with E-state index in [0.29, 0.717) is 13.0 Å². The summed E-state index contributed by atoms with van der Waals surface area (Å²) in [5.74, 6) is -1.01. The fourth-order valence-electron chi connectivity index (χ4n) is 4.39. The van der Waals surface area contributed by atoms with Gasteiger partial charge in [-0.3, -0.25) is 24.0 Å². The number of amides is 2. The zero-order chi connectivity index (χ0) is 30.9. The lowest BCUT2D eigenvalue weighted by atomic mass is 10.0. The monoisotopic (exact) mass is 596 g/mol. The van der Waals surface area contributed by atoms with Crippen molar-refractivity contribution in [1.82, 2.24) is 10.2 Å². The molecule has 0 heterocycles. The van der Waals surface area contributed by atoms with Gasteiger partial charge in [0.25, 0.3) is 5.69 Å². The number of anilines is 1. The molecule has 12 heteroatoms. The van der Waals surface area contributed by atoms with Crippen LogP contribution in [0.4, 0.5) is 11.4 Å². The number of hydrogen-bond donors (Lipinski definition) is 1. The van der Waals surface area contributed by atoms with E-state index in [4.69, 9.17) is 4.74 Å². The Balaban J connectivity index is 2.11. The highest BCUT2D eigenvalue weighted by atomic mass is 32.2. The molecule has 0 saturated carbocycles. The van der Waals surface area contributed by atoms with Gasteiger partial charge < -0.3 is 15.0 Å². The summed E-state index contributed by atoms with van der Waals surface area (Å²) < 4.78 is 32.1. The molecular weight excluding hydrogens is 560 g/mol. The smallest absolute Gasteiger partial charge is 0.271 e. The molecule has 0 spiro atoms. The average molecular weight is 597 g/mol. The maximum atomic E-state index is 14.1. The molecule has 0 aromatic heterocycles. The van der Waals surface area contributed by atoms with Crippen molar-refractivity contribution in [2.45, 2.75) is 39.3 Å². The second kappa shape index (κ2) is 14.4. The number of nitrogens with zero attached hydrogens (tertiary/aromatic N) is 3.